The van der Waals surface area contributed by atoms with E-state index in [-0.39, 0.29) is 29.6 Å². The Hall–Kier alpha value is -1.37. The molecule has 0 saturated carbocycles. The number of benzene rings is 1. The lowest BCUT2D eigenvalue weighted by molar-refractivity contribution is -0.136. The van der Waals surface area contributed by atoms with Crippen LogP contribution in [-0.2, 0) is 22.4 Å². The van der Waals surface area contributed by atoms with Crippen LogP contribution >= 0.6 is 11.8 Å². The molecule has 158 valence electrons. The molecule has 5 nitrogen and oxygen atoms in total. The van der Waals surface area contributed by atoms with Crippen molar-refractivity contribution in [3.05, 3.63) is 35.4 Å². The van der Waals surface area contributed by atoms with Crippen LogP contribution in [0.3, 0.4) is 0 Å². The van der Waals surface area contributed by atoms with Crippen LogP contribution in [0.1, 0.15) is 49.7 Å². The van der Waals surface area contributed by atoms with Crippen molar-refractivity contribution < 1.29 is 14.7 Å². The molecule has 0 radical (unpaired) electrons. The molecule has 2 heterocycles. The number of aliphatic hydroxyl groups excluding tert-OH is 1. The van der Waals surface area contributed by atoms with E-state index < -0.39 is 6.04 Å². The zero-order valence-corrected chi connectivity index (χ0v) is 17.8. The molecular weight excluding hydrogens is 384 g/mol. The summed E-state index contributed by atoms with van der Waals surface area (Å²) in [6.45, 7) is 0.700. The number of aryl methyl sites for hydroxylation is 1. The van der Waals surface area contributed by atoms with Crippen molar-refractivity contribution in [2.24, 2.45) is 5.92 Å². The lowest BCUT2D eigenvalue weighted by atomic mass is 9.81. The van der Waals surface area contributed by atoms with Gasteiger partial charge in [-0.3, -0.25) is 14.9 Å². The molecular formula is C23H32N2O3S. The van der Waals surface area contributed by atoms with Gasteiger partial charge in [-0.25, -0.2) is 0 Å². The molecule has 1 aromatic carbocycles. The molecule has 1 amide bonds. The van der Waals surface area contributed by atoms with Crippen molar-refractivity contribution in [2.45, 2.75) is 68.7 Å². The van der Waals surface area contributed by atoms with E-state index >= 15 is 0 Å². The zero-order valence-electron chi connectivity index (χ0n) is 17.0. The van der Waals surface area contributed by atoms with Gasteiger partial charge in [0.1, 0.15) is 11.8 Å². The maximum Gasteiger partial charge on any atom is 0.241 e. The fraction of sp³-hybridized carbons (Fsp3) is 0.652. The second-order valence-corrected chi connectivity index (χ2v) is 9.79. The number of carbonyl (C=O) groups excluding carboxylic acids is 2. The summed E-state index contributed by atoms with van der Waals surface area (Å²) in [5, 5.41) is 12.5. The minimum atomic E-state index is -0.429. The summed E-state index contributed by atoms with van der Waals surface area (Å²) in [6, 6.07) is 8.20. The average Bonchev–Trinajstić information content (AvgIpc) is 3.42. The number of nitrogens with one attached hydrogen (secondary N) is 1. The monoisotopic (exact) mass is 416 g/mol. The summed E-state index contributed by atoms with van der Waals surface area (Å²) < 4.78 is 0. The molecule has 6 heteroatoms. The van der Waals surface area contributed by atoms with Crippen LogP contribution in [0.15, 0.2) is 24.3 Å². The number of Topliss-reactive ketones (excluding diaryl/α,β-unsaturated/α-hetero) is 1. The van der Waals surface area contributed by atoms with Gasteiger partial charge in [0.25, 0.3) is 0 Å². The van der Waals surface area contributed by atoms with Crippen LogP contribution < -0.4 is 5.32 Å². The Kier molecular flexibility index (Phi) is 6.93. The Morgan fingerprint density at radius 1 is 1.21 bits per heavy atom. The Balaban J connectivity index is 1.26. The van der Waals surface area contributed by atoms with Crippen molar-refractivity contribution in [2.75, 3.05) is 19.0 Å². The van der Waals surface area contributed by atoms with E-state index in [1.54, 1.807) is 16.7 Å². The van der Waals surface area contributed by atoms with Gasteiger partial charge in [0.05, 0.1) is 17.9 Å². The Bertz CT molecular complexity index is 741. The van der Waals surface area contributed by atoms with Gasteiger partial charge in [-0.2, -0.15) is 0 Å². The maximum absolute atomic E-state index is 13.0. The summed E-state index contributed by atoms with van der Waals surface area (Å²) in [5.41, 5.74) is 2.96. The summed E-state index contributed by atoms with van der Waals surface area (Å²) in [4.78, 5) is 27.6. The molecule has 0 spiro atoms. The number of carbonyl (C=O) groups is 2. The molecule has 3 aliphatic rings. The molecule has 2 saturated heterocycles. The summed E-state index contributed by atoms with van der Waals surface area (Å²) >= 11 is 1.56. The number of fused-ring (bicyclic) bond motifs is 1. The molecule has 1 unspecified atom stereocenters. The van der Waals surface area contributed by atoms with E-state index in [2.05, 4.69) is 29.6 Å². The fourth-order valence-corrected chi connectivity index (χ4v) is 6.31. The number of hydrogen-bond donors (Lipinski definition) is 2. The first-order valence-electron chi connectivity index (χ1n) is 11.0. The first-order valence-corrected chi connectivity index (χ1v) is 12.1. The number of ketones is 1. The summed E-state index contributed by atoms with van der Waals surface area (Å²) in [5.74, 6) is 1.51. The van der Waals surface area contributed by atoms with E-state index in [0.29, 0.717) is 24.8 Å². The molecule has 0 bridgehead atoms. The van der Waals surface area contributed by atoms with E-state index in [4.69, 9.17) is 0 Å². The number of aliphatic hydroxyl groups is 1. The van der Waals surface area contributed by atoms with Crippen LogP contribution in [0.4, 0.5) is 0 Å². The highest BCUT2D eigenvalue weighted by molar-refractivity contribution is 8.00. The topological polar surface area (TPSA) is 69.6 Å². The SMILES string of the molecule is O=C(CCC[C@@H]1CCc2ccccc2C1)C1SCN[C@@H]1C(=O)N1CCC[C@H]1CO. The Morgan fingerprint density at radius 3 is 2.86 bits per heavy atom. The highest BCUT2D eigenvalue weighted by Gasteiger charge is 2.42. The first kappa shape index (κ1) is 20.9. The smallest absolute Gasteiger partial charge is 0.241 e. The molecule has 2 fully saturated rings. The summed E-state index contributed by atoms with van der Waals surface area (Å²) in [6.07, 6.45) is 7.83. The van der Waals surface area contributed by atoms with Gasteiger partial charge in [0.2, 0.25) is 5.91 Å². The molecule has 1 aliphatic carbocycles. The molecule has 1 aromatic rings. The Morgan fingerprint density at radius 2 is 2.03 bits per heavy atom. The van der Waals surface area contributed by atoms with Gasteiger partial charge in [-0.15, -0.1) is 11.8 Å². The van der Waals surface area contributed by atoms with E-state index in [0.717, 1.165) is 38.5 Å². The van der Waals surface area contributed by atoms with Crippen LogP contribution in [0.2, 0.25) is 0 Å². The van der Waals surface area contributed by atoms with Crippen LogP contribution in [0.25, 0.3) is 0 Å². The highest BCUT2D eigenvalue weighted by atomic mass is 32.2. The third kappa shape index (κ3) is 4.70. The quantitative estimate of drug-likeness (QED) is 0.715. The third-order valence-corrected chi connectivity index (χ3v) is 8.04. The molecule has 2 N–H and O–H groups in total. The lowest BCUT2D eigenvalue weighted by Crippen LogP contribution is -2.51. The summed E-state index contributed by atoms with van der Waals surface area (Å²) in [7, 11) is 0. The number of hydrogen-bond acceptors (Lipinski definition) is 5. The van der Waals surface area contributed by atoms with Crippen molar-refractivity contribution >= 4 is 23.5 Å². The van der Waals surface area contributed by atoms with Crippen molar-refractivity contribution in [3.63, 3.8) is 0 Å². The normalized spacial score (nSPS) is 29.1. The molecule has 29 heavy (non-hydrogen) atoms. The number of amides is 1. The number of likely N-dealkylation sites (tertiary alicyclic amines) is 1. The molecule has 4 rings (SSSR count). The third-order valence-electron chi connectivity index (χ3n) is 6.81. The number of nitrogens with zero attached hydrogens (tertiary/aromatic N) is 1. The second-order valence-electron chi connectivity index (χ2n) is 8.66. The zero-order chi connectivity index (χ0) is 20.2. The average molecular weight is 417 g/mol. The molecule has 2 aliphatic heterocycles. The van der Waals surface area contributed by atoms with Gasteiger partial charge in [0, 0.05) is 18.8 Å². The predicted molar refractivity (Wildman–Crippen MR) is 116 cm³/mol. The van der Waals surface area contributed by atoms with Crippen LogP contribution in [0, 0.1) is 5.92 Å². The van der Waals surface area contributed by atoms with Crippen molar-refractivity contribution in [1.82, 2.24) is 10.2 Å². The van der Waals surface area contributed by atoms with Crippen LogP contribution in [0.5, 0.6) is 0 Å². The second kappa shape index (κ2) is 9.63. The minimum absolute atomic E-state index is 0.00575. The van der Waals surface area contributed by atoms with Gasteiger partial charge in [-0.1, -0.05) is 24.3 Å². The number of thioether (sulfide) groups is 1. The van der Waals surface area contributed by atoms with Crippen LogP contribution in [-0.4, -0.2) is 58.1 Å². The van der Waals surface area contributed by atoms with Gasteiger partial charge in [0.15, 0.2) is 0 Å². The van der Waals surface area contributed by atoms with Crippen molar-refractivity contribution in [3.8, 4) is 0 Å². The fourth-order valence-electron chi connectivity index (χ4n) is 5.15. The van der Waals surface area contributed by atoms with Gasteiger partial charge < -0.3 is 10.0 Å². The predicted octanol–water partition coefficient (Wildman–Crippen LogP) is 2.55. The lowest BCUT2D eigenvalue weighted by Gasteiger charge is -2.28. The van der Waals surface area contributed by atoms with E-state index in [1.807, 2.05) is 0 Å². The minimum Gasteiger partial charge on any atom is -0.394 e. The molecule has 0 aromatic heterocycles. The van der Waals surface area contributed by atoms with E-state index in [1.165, 1.54) is 17.5 Å². The standard InChI is InChI=1S/C23H32N2O3S/c26-14-19-8-4-12-25(19)23(28)21-22(29-15-24-21)20(27)9-3-5-16-10-11-17-6-1-2-7-18(17)13-16/h1-2,6-7,16,19,21-22,24,26H,3-5,8-15H2/t16-,19+,21+,22?/m1/s1. The first-order chi connectivity index (χ1) is 14.2. The maximum atomic E-state index is 13.0. The van der Waals surface area contributed by atoms with E-state index in [9.17, 15) is 14.7 Å². The largest absolute Gasteiger partial charge is 0.394 e. The van der Waals surface area contributed by atoms with Gasteiger partial charge in [-0.05, 0) is 62.0 Å². The van der Waals surface area contributed by atoms with Crippen molar-refractivity contribution in [1.29, 1.82) is 0 Å². The highest BCUT2D eigenvalue weighted by Crippen LogP contribution is 2.31. The number of rotatable bonds is 7. The molecule has 4 atom stereocenters. The Labute approximate surface area is 177 Å². The van der Waals surface area contributed by atoms with Gasteiger partial charge >= 0.3 is 0 Å².